The molecule has 1 aliphatic heterocycles. The summed E-state index contributed by atoms with van der Waals surface area (Å²) in [5.41, 5.74) is 0. The van der Waals surface area contributed by atoms with E-state index in [1.807, 2.05) is 0 Å². The molecule has 0 radical (unpaired) electrons. The SMILES string of the molecule is CCC1CN(CCCOCC(C)C)C(CC)CN1. The molecule has 1 fully saturated rings. The van der Waals surface area contributed by atoms with Gasteiger partial charge >= 0.3 is 0 Å². The third-order valence-electron chi connectivity index (χ3n) is 3.76. The van der Waals surface area contributed by atoms with Crippen molar-refractivity contribution in [2.45, 2.75) is 59.0 Å². The van der Waals surface area contributed by atoms with Crippen LogP contribution in [0.1, 0.15) is 47.0 Å². The van der Waals surface area contributed by atoms with Crippen LogP contribution < -0.4 is 5.32 Å². The lowest BCUT2D eigenvalue weighted by molar-refractivity contribution is 0.0792. The molecule has 0 amide bonds. The van der Waals surface area contributed by atoms with Gasteiger partial charge in [0.1, 0.15) is 0 Å². The molecule has 0 aromatic rings. The van der Waals surface area contributed by atoms with Gasteiger partial charge in [0, 0.05) is 44.9 Å². The number of hydrogen-bond donors (Lipinski definition) is 1. The van der Waals surface area contributed by atoms with E-state index in [0.29, 0.717) is 12.0 Å². The van der Waals surface area contributed by atoms with Crippen LogP contribution in [0.5, 0.6) is 0 Å². The molecule has 0 aromatic heterocycles. The highest BCUT2D eigenvalue weighted by Crippen LogP contribution is 2.12. The minimum Gasteiger partial charge on any atom is -0.381 e. The number of nitrogens with zero attached hydrogens (tertiary/aromatic N) is 1. The Bertz CT molecular complexity index is 209. The van der Waals surface area contributed by atoms with Crippen molar-refractivity contribution in [1.29, 1.82) is 0 Å². The fourth-order valence-corrected chi connectivity index (χ4v) is 2.57. The maximum absolute atomic E-state index is 5.67. The van der Waals surface area contributed by atoms with Gasteiger partial charge in [-0.05, 0) is 25.2 Å². The summed E-state index contributed by atoms with van der Waals surface area (Å²) in [5.74, 6) is 0.650. The number of nitrogens with one attached hydrogen (secondary N) is 1. The molecule has 1 rings (SSSR count). The van der Waals surface area contributed by atoms with E-state index < -0.39 is 0 Å². The molecule has 1 aliphatic rings. The van der Waals surface area contributed by atoms with E-state index in [1.54, 1.807) is 0 Å². The first-order valence-corrected chi connectivity index (χ1v) is 7.72. The van der Waals surface area contributed by atoms with Gasteiger partial charge < -0.3 is 10.1 Å². The van der Waals surface area contributed by atoms with Gasteiger partial charge in [-0.15, -0.1) is 0 Å². The van der Waals surface area contributed by atoms with Gasteiger partial charge in [-0.2, -0.15) is 0 Å². The Labute approximate surface area is 113 Å². The molecule has 0 aliphatic carbocycles. The predicted molar refractivity (Wildman–Crippen MR) is 78.0 cm³/mol. The summed E-state index contributed by atoms with van der Waals surface area (Å²) in [6, 6.07) is 1.40. The number of piperazine rings is 1. The van der Waals surface area contributed by atoms with Crippen molar-refractivity contribution in [3.63, 3.8) is 0 Å². The second kappa shape index (κ2) is 8.89. The Morgan fingerprint density at radius 2 is 2.06 bits per heavy atom. The lowest BCUT2D eigenvalue weighted by Crippen LogP contribution is -2.56. The van der Waals surface area contributed by atoms with Crippen LogP contribution in [0.25, 0.3) is 0 Å². The van der Waals surface area contributed by atoms with Crippen molar-refractivity contribution in [3.8, 4) is 0 Å². The average molecular weight is 256 g/mol. The van der Waals surface area contributed by atoms with Crippen molar-refractivity contribution in [2.75, 3.05) is 32.8 Å². The van der Waals surface area contributed by atoms with Gasteiger partial charge in [-0.25, -0.2) is 0 Å². The summed E-state index contributed by atoms with van der Waals surface area (Å²) < 4.78 is 5.67. The van der Waals surface area contributed by atoms with Crippen LogP contribution in [0.15, 0.2) is 0 Å². The van der Waals surface area contributed by atoms with Crippen LogP contribution in [0, 0.1) is 5.92 Å². The van der Waals surface area contributed by atoms with Crippen LogP contribution in [-0.4, -0.2) is 49.8 Å². The second-order valence-corrected chi connectivity index (χ2v) is 5.89. The summed E-state index contributed by atoms with van der Waals surface area (Å²) in [6.45, 7) is 14.3. The molecule has 1 N–H and O–H groups in total. The van der Waals surface area contributed by atoms with E-state index in [9.17, 15) is 0 Å². The molecule has 3 nitrogen and oxygen atoms in total. The highest BCUT2D eigenvalue weighted by Gasteiger charge is 2.24. The minimum atomic E-state index is 0.650. The molecule has 3 heteroatoms. The molecular formula is C15H32N2O. The molecule has 2 atom stereocenters. The average Bonchev–Trinajstić information content (AvgIpc) is 2.37. The minimum absolute atomic E-state index is 0.650. The first kappa shape index (κ1) is 15.9. The van der Waals surface area contributed by atoms with Gasteiger partial charge in [0.25, 0.3) is 0 Å². The Hall–Kier alpha value is -0.120. The highest BCUT2D eigenvalue weighted by atomic mass is 16.5. The largest absolute Gasteiger partial charge is 0.381 e. The van der Waals surface area contributed by atoms with E-state index in [0.717, 1.165) is 25.8 Å². The normalized spacial score (nSPS) is 25.8. The van der Waals surface area contributed by atoms with Gasteiger partial charge in [0.2, 0.25) is 0 Å². The quantitative estimate of drug-likeness (QED) is 0.675. The standard InChI is InChI=1S/C15H32N2O/c1-5-14-11-17(15(6-2)10-16-14)8-7-9-18-12-13(3)4/h13-16H,5-12H2,1-4H3. The van der Waals surface area contributed by atoms with Gasteiger partial charge in [-0.1, -0.05) is 27.7 Å². The predicted octanol–water partition coefficient (Wildman–Crippen LogP) is 2.51. The van der Waals surface area contributed by atoms with E-state index in [2.05, 4.69) is 37.9 Å². The fraction of sp³-hybridized carbons (Fsp3) is 1.00. The van der Waals surface area contributed by atoms with Crippen LogP contribution in [-0.2, 0) is 4.74 Å². The van der Waals surface area contributed by atoms with Crippen LogP contribution >= 0.6 is 0 Å². The zero-order valence-corrected chi connectivity index (χ0v) is 12.7. The highest BCUT2D eigenvalue weighted by molar-refractivity contribution is 4.84. The Balaban J connectivity index is 2.20. The van der Waals surface area contributed by atoms with Crippen molar-refractivity contribution in [2.24, 2.45) is 5.92 Å². The maximum atomic E-state index is 5.67. The zero-order valence-electron chi connectivity index (χ0n) is 12.7. The van der Waals surface area contributed by atoms with Crippen LogP contribution in [0.3, 0.4) is 0 Å². The summed E-state index contributed by atoms with van der Waals surface area (Å²) in [7, 11) is 0. The van der Waals surface area contributed by atoms with Crippen molar-refractivity contribution >= 4 is 0 Å². The van der Waals surface area contributed by atoms with E-state index in [4.69, 9.17) is 4.74 Å². The van der Waals surface area contributed by atoms with Gasteiger partial charge in [0.05, 0.1) is 0 Å². The number of rotatable bonds is 8. The lowest BCUT2D eigenvalue weighted by Gasteiger charge is -2.40. The van der Waals surface area contributed by atoms with Crippen LogP contribution in [0.2, 0.25) is 0 Å². The van der Waals surface area contributed by atoms with E-state index in [1.165, 1.54) is 32.4 Å². The third kappa shape index (κ3) is 5.68. The third-order valence-corrected chi connectivity index (χ3v) is 3.76. The summed E-state index contributed by atoms with van der Waals surface area (Å²) in [4.78, 5) is 2.66. The Morgan fingerprint density at radius 1 is 1.28 bits per heavy atom. The smallest absolute Gasteiger partial charge is 0.0489 e. The molecule has 108 valence electrons. The Kier molecular flexibility index (Phi) is 7.87. The van der Waals surface area contributed by atoms with Crippen molar-refractivity contribution < 1.29 is 4.74 Å². The van der Waals surface area contributed by atoms with Crippen molar-refractivity contribution in [3.05, 3.63) is 0 Å². The summed E-state index contributed by atoms with van der Waals surface area (Å²) in [5, 5.41) is 3.64. The molecule has 0 bridgehead atoms. The number of ether oxygens (including phenoxy) is 1. The monoisotopic (exact) mass is 256 g/mol. The Morgan fingerprint density at radius 3 is 2.67 bits per heavy atom. The topological polar surface area (TPSA) is 24.5 Å². The summed E-state index contributed by atoms with van der Waals surface area (Å²) >= 11 is 0. The van der Waals surface area contributed by atoms with E-state index >= 15 is 0 Å². The molecule has 0 aromatic carbocycles. The van der Waals surface area contributed by atoms with E-state index in [-0.39, 0.29) is 0 Å². The lowest BCUT2D eigenvalue weighted by atomic mass is 10.1. The maximum Gasteiger partial charge on any atom is 0.0489 e. The van der Waals surface area contributed by atoms with Gasteiger partial charge in [0.15, 0.2) is 0 Å². The first-order valence-electron chi connectivity index (χ1n) is 7.72. The second-order valence-electron chi connectivity index (χ2n) is 5.89. The van der Waals surface area contributed by atoms with Crippen LogP contribution in [0.4, 0.5) is 0 Å². The molecule has 18 heavy (non-hydrogen) atoms. The molecule has 0 spiro atoms. The van der Waals surface area contributed by atoms with Gasteiger partial charge in [-0.3, -0.25) is 4.90 Å². The zero-order chi connectivity index (χ0) is 13.4. The fourth-order valence-electron chi connectivity index (χ4n) is 2.57. The first-order chi connectivity index (χ1) is 8.67. The molecule has 2 unspecified atom stereocenters. The molecule has 1 saturated heterocycles. The molecule has 1 heterocycles. The number of hydrogen-bond acceptors (Lipinski definition) is 3. The molecule has 0 saturated carbocycles. The van der Waals surface area contributed by atoms with Crippen molar-refractivity contribution in [1.82, 2.24) is 10.2 Å². The summed E-state index contributed by atoms with van der Waals surface area (Å²) in [6.07, 6.45) is 3.65. The molecular weight excluding hydrogens is 224 g/mol.